The van der Waals surface area contributed by atoms with Gasteiger partial charge < -0.3 is 8.80 Å². The van der Waals surface area contributed by atoms with Gasteiger partial charge in [-0.15, -0.1) is 0 Å². The monoisotopic (exact) mass is 520 g/mol. The van der Waals surface area contributed by atoms with Gasteiger partial charge in [-0.2, -0.15) is 0 Å². The van der Waals surface area contributed by atoms with Crippen molar-refractivity contribution >= 4 is 32.6 Å². The predicted molar refractivity (Wildman–Crippen MR) is 171 cm³/mol. The molecule has 0 N–H and O–H groups in total. The molecule has 0 saturated heterocycles. The van der Waals surface area contributed by atoms with Crippen molar-refractivity contribution in [1.29, 1.82) is 0 Å². The van der Waals surface area contributed by atoms with Gasteiger partial charge >= 0.3 is 0 Å². The first-order chi connectivity index (χ1) is 19.7. The molecule has 0 atom stereocenters. The maximum Gasteiger partial charge on any atom is 0.0534 e. The number of pyridine rings is 2. The second-order valence-electron chi connectivity index (χ2n) is 11.2. The number of benzene rings is 3. The van der Waals surface area contributed by atoms with Crippen LogP contribution in [0.3, 0.4) is 0 Å². The summed E-state index contributed by atoms with van der Waals surface area (Å²) in [5.74, 6) is 0. The summed E-state index contributed by atoms with van der Waals surface area (Å²) in [6.07, 6.45) is 11.6. The van der Waals surface area contributed by atoms with Gasteiger partial charge in [0.1, 0.15) is 0 Å². The van der Waals surface area contributed by atoms with Crippen LogP contribution in [0.4, 0.5) is 0 Å². The first-order valence-corrected chi connectivity index (χ1v) is 14.9. The molecule has 4 heterocycles. The van der Waals surface area contributed by atoms with Crippen molar-refractivity contribution in [3.63, 3.8) is 0 Å². The second-order valence-corrected chi connectivity index (χ2v) is 11.2. The number of aromatic nitrogens is 2. The van der Waals surface area contributed by atoms with E-state index < -0.39 is 0 Å². The molecule has 2 nitrogen and oxygen atoms in total. The number of fused-ring (bicyclic) bond motifs is 6. The van der Waals surface area contributed by atoms with Gasteiger partial charge in [-0.05, 0) is 107 Å². The molecule has 0 aliphatic rings. The molecule has 0 amide bonds. The number of nitrogens with zero attached hydrogens (tertiary/aromatic N) is 2. The molecule has 0 fully saturated rings. The Hall–Kier alpha value is -4.30. The molecular weight excluding hydrogens is 484 g/mol. The predicted octanol–water partition coefficient (Wildman–Crippen LogP) is 10.5. The van der Waals surface area contributed by atoms with E-state index in [0.29, 0.717) is 0 Å². The fraction of sp³-hybridized carbons (Fsp3) is 0.211. The maximum atomic E-state index is 2.39. The number of unbranched alkanes of at least 4 members (excludes halogenated alkanes) is 2. The average molecular weight is 521 g/mol. The fourth-order valence-electron chi connectivity index (χ4n) is 6.26. The minimum absolute atomic E-state index is 1.15. The van der Waals surface area contributed by atoms with Crippen molar-refractivity contribution in [2.24, 2.45) is 0 Å². The van der Waals surface area contributed by atoms with Crippen LogP contribution in [0, 0.1) is 0 Å². The van der Waals surface area contributed by atoms with Crippen molar-refractivity contribution in [2.45, 2.75) is 52.4 Å². The van der Waals surface area contributed by atoms with E-state index in [4.69, 9.17) is 0 Å². The van der Waals surface area contributed by atoms with Crippen molar-refractivity contribution in [2.75, 3.05) is 0 Å². The molecule has 7 rings (SSSR count). The number of rotatable bonds is 8. The average Bonchev–Trinajstić information content (AvgIpc) is 3.69. The highest BCUT2D eigenvalue weighted by Gasteiger charge is 2.13. The largest absolute Gasteiger partial charge is 0.316 e. The van der Waals surface area contributed by atoms with Gasteiger partial charge in [0.25, 0.3) is 0 Å². The fourth-order valence-corrected chi connectivity index (χ4v) is 6.26. The summed E-state index contributed by atoms with van der Waals surface area (Å²) in [5.41, 5.74) is 10.3. The highest BCUT2D eigenvalue weighted by Crippen LogP contribution is 2.36. The first kappa shape index (κ1) is 24.7. The van der Waals surface area contributed by atoms with Gasteiger partial charge in [0.2, 0.25) is 0 Å². The standard InChI is InChI=1S/C38H36N2/c1-3-5-9-27-13-17-29(18-14-27)37-25-31-23-34-32(24-33(31)35-11-7-21-39(35)37)26-38(40-22-8-12-36(34)40)30-19-15-28(16-20-30)10-6-4-2/h7-8,11-26H,3-6,9-10H2,1-2H3. The maximum absolute atomic E-state index is 2.39. The van der Waals surface area contributed by atoms with Crippen LogP contribution in [-0.4, -0.2) is 8.80 Å². The van der Waals surface area contributed by atoms with Gasteiger partial charge in [-0.3, -0.25) is 0 Å². The Labute approximate surface area is 236 Å². The van der Waals surface area contributed by atoms with E-state index in [2.05, 4.69) is 132 Å². The third-order valence-corrected chi connectivity index (χ3v) is 8.51. The van der Waals surface area contributed by atoms with E-state index in [-0.39, 0.29) is 0 Å². The minimum Gasteiger partial charge on any atom is -0.316 e. The van der Waals surface area contributed by atoms with Crippen LogP contribution in [0.2, 0.25) is 0 Å². The van der Waals surface area contributed by atoms with Crippen molar-refractivity contribution < 1.29 is 0 Å². The van der Waals surface area contributed by atoms with Crippen molar-refractivity contribution in [3.8, 4) is 22.5 Å². The number of hydrogen-bond acceptors (Lipinski definition) is 0. The molecule has 7 aromatic rings. The van der Waals surface area contributed by atoms with Gasteiger partial charge in [-0.25, -0.2) is 0 Å². The smallest absolute Gasteiger partial charge is 0.0534 e. The Bertz CT molecular complexity index is 1800. The van der Waals surface area contributed by atoms with Crippen LogP contribution in [0.5, 0.6) is 0 Å². The molecule has 2 heteroatoms. The quantitative estimate of drug-likeness (QED) is 0.176. The molecule has 4 aromatic heterocycles. The third kappa shape index (κ3) is 4.29. The van der Waals surface area contributed by atoms with Crippen LogP contribution in [0.1, 0.15) is 50.7 Å². The molecule has 3 aromatic carbocycles. The molecular formula is C38H36N2. The van der Waals surface area contributed by atoms with Gasteiger partial charge in [0, 0.05) is 23.2 Å². The highest BCUT2D eigenvalue weighted by atomic mass is 14.9. The molecule has 0 aliphatic heterocycles. The normalized spacial score (nSPS) is 11.8. The van der Waals surface area contributed by atoms with Crippen LogP contribution in [0.25, 0.3) is 55.1 Å². The van der Waals surface area contributed by atoms with Crippen molar-refractivity contribution in [1.82, 2.24) is 8.80 Å². The van der Waals surface area contributed by atoms with E-state index in [1.54, 1.807) is 0 Å². The highest BCUT2D eigenvalue weighted by molar-refractivity contribution is 6.11. The van der Waals surface area contributed by atoms with Gasteiger partial charge in [0.15, 0.2) is 0 Å². The van der Waals surface area contributed by atoms with E-state index >= 15 is 0 Å². The lowest BCUT2D eigenvalue weighted by Crippen LogP contribution is -1.95. The first-order valence-electron chi connectivity index (χ1n) is 14.9. The molecule has 0 saturated carbocycles. The molecule has 0 radical (unpaired) electrons. The minimum atomic E-state index is 1.15. The van der Waals surface area contributed by atoms with Crippen LogP contribution < -0.4 is 0 Å². The molecule has 40 heavy (non-hydrogen) atoms. The van der Waals surface area contributed by atoms with Gasteiger partial charge in [0.05, 0.1) is 22.4 Å². The van der Waals surface area contributed by atoms with Crippen LogP contribution in [-0.2, 0) is 12.8 Å². The SMILES string of the molecule is CCCCc1ccc(-c2cc3cc4c(cc(-c5ccc(CCCC)cc5)n5cccc45)cc3c3cccn23)cc1. The third-order valence-electron chi connectivity index (χ3n) is 8.51. The summed E-state index contributed by atoms with van der Waals surface area (Å²) >= 11 is 0. The Morgan fingerprint density at radius 3 is 1.32 bits per heavy atom. The van der Waals surface area contributed by atoms with Crippen molar-refractivity contribution in [3.05, 3.63) is 121 Å². The summed E-state index contributed by atoms with van der Waals surface area (Å²) in [7, 11) is 0. The molecule has 198 valence electrons. The Kier molecular flexibility index (Phi) is 6.40. The summed E-state index contributed by atoms with van der Waals surface area (Å²) in [6, 6.07) is 36.7. The lowest BCUT2D eigenvalue weighted by Gasteiger charge is -2.15. The Morgan fingerprint density at radius 2 is 0.925 bits per heavy atom. The number of hydrogen-bond donors (Lipinski definition) is 0. The zero-order valence-corrected chi connectivity index (χ0v) is 23.5. The summed E-state index contributed by atoms with van der Waals surface area (Å²) in [5, 5.41) is 5.13. The molecule has 0 unspecified atom stereocenters. The van der Waals surface area contributed by atoms with Gasteiger partial charge in [-0.1, -0.05) is 75.2 Å². The van der Waals surface area contributed by atoms with E-state index in [1.807, 2.05) is 0 Å². The zero-order valence-electron chi connectivity index (χ0n) is 23.5. The molecule has 0 spiro atoms. The van der Waals surface area contributed by atoms with E-state index in [0.717, 1.165) is 12.8 Å². The lowest BCUT2D eigenvalue weighted by molar-refractivity contribution is 0.795. The topological polar surface area (TPSA) is 8.82 Å². The summed E-state index contributed by atoms with van der Waals surface area (Å²) < 4.78 is 4.70. The Balaban J connectivity index is 1.38. The lowest BCUT2D eigenvalue weighted by atomic mass is 9.98. The molecule has 0 aliphatic carbocycles. The molecule has 0 bridgehead atoms. The Morgan fingerprint density at radius 1 is 0.500 bits per heavy atom. The number of aryl methyl sites for hydroxylation is 2. The summed E-state index contributed by atoms with van der Waals surface area (Å²) in [4.78, 5) is 0. The summed E-state index contributed by atoms with van der Waals surface area (Å²) in [6.45, 7) is 4.51. The van der Waals surface area contributed by atoms with E-state index in [9.17, 15) is 0 Å². The van der Waals surface area contributed by atoms with E-state index in [1.165, 1.54) is 91.9 Å². The van der Waals surface area contributed by atoms with Crippen LogP contribution in [0.15, 0.2) is 109 Å². The van der Waals surface area contributed by atoms with Crippen LogP contribution >= 0.6 is 0 Å². The zero-order chi connectivity index (χ0) is 27.1. The second kappa shape index (κ2) is 10.4.